The Morgan fingerprint density at radius 3 is 3.05 bits per heavy atom. The summed E-state index contributed by atoms with van der Waals surface area (Å²) < 4.78 is 18.2. The van der Waals surface area contributed by atoms with Crippen molar-refractivity contribution in [2.24, 2.45) is 0 Å². The molecule has 0 aromatic heterocycles. The molecule has 1 atom stereocenters. The summed E-state index contributed by atoms with van der Waals surface area (Å²) >= 11 is 7.33. The molecule has 0 spiro atoms. The quantitative estimate of drug-likeness (QED) is 0.783. The summed E-state index contributed by atoms with van der Waals surface area (Å²) in [6.07, 6.45) is 0.786. The highest BCUT2D eigenvalue weighted by molar-refractivity contribution is 8.00. The molecule has 6 heteroatoms. The Hall–Kier alpha value is -0.780. The van der Waals surface area contributed by atoms with E-state index in [1.54, 1.807) is 24.1 Å². The average molecular weight is 304 g/mol. The summed E-state index contributed by atoms with van der Waals surface area (Å²) in [4.78, 5) is 13.7. The second kappa shape index (κ2) is 6.59. The molecule has 1 aromatic rings. The third-order valence-electron chi connectivity index (χ3n) is 2.94. The lowest BCUT2D eigenvalue weighted by Gasteiger charge is -2.24. The fourth-order valence-corrected chi connectivity index (χ4v) is 3.41. The van der Waals surface area contributed by atoms with Crippen LogP contribution < -0.4 is 0 Å². The zero-order chi connectivity index (χ0) is 13.8. The maximum Gasteiger partial charge on any atom is 0.233 e. The molecular weight excluding hydrogens is 289 g/mol. The van der Waals surface area contributed by atoms with Crippen LogP contribution in [0.2, 0.25) is 5.02 Å². The molecule has 1 amide bonds. The van der Waals surface area contributed by atoms with E-state index in [-0.39, 0.29) is 16.3 Å². The molecule has 19 heavy (non-hydrogen) atoms. The van der Waals surface area contributed by atoms with Gasteiger partial charge in [-0.3, -0.25) is 4.79 Å². The van der Waals surface area contributed by atoms with E-state index in [4.69, 9.17) is 16.3 Å². The monoisotopic (exact) mass is 303 g/mol. The van der Waals surface area contributed by atoms with Gasteiger partial charge in [-0.15, -0.1) is 11.8 Å². The molecule has 1 heterocycles. The molecule has 1 saturated heterocycles. The molecule has 104 valence electrons. The van der Waals surface area contributed by atoms with Crippen LogP contribution in [0.5, 0.6) is 0 Å². The van der Waals surface area contributed by atoms with Crippen molar-refractivity contribution in [1.82, 2.24) is 4.90 Å². The van der Waals surface area contributed by atoms with Gasteiger partial charge < -0.3 is 9.64 Å². The van der Waals surface area contributed by atoms with Crippen LogP contribution in [0, 0.1) is 5.82 Å². The Morgan fingerprint density at radius 1 is 1.58 bits per heavy atom. The number of carbonyl (C=O) groups excluding carboxylic acids is 1. The number of halogens is 2. The predicted molar refractivity (Wildman–Crippen MR) is 74.8 cm³/mol. The lowest BCUT2D eigenvalue weighted by atomic mass is 10.2. The van der Waals surface area contributed by atoms with E-state index in [0.717, 1.165) is 12.0 Å². The van der Waals surface area contributed by atoms with Gasteiger partial charge in [-0.1, -0.05) is 17.7 Å². The summed E-state index contributed by atoms with van der Waals surface area (Å²) in [7, 11) is 1.64. The lowest BCUT2D eigenvalue weighted by Crippen LogP contribution is -2.29. The molecule has 1 aromatic carbocycles. The minimum absolute atomic E-state index is 0.0811. The van der Waals surface area contributed by atoms with Gasteiger partial charge in [0.15, 0.2) is 0 Å². The second-order valence-corrected chi connectivity index (χ2v) is 5.75. The fourth-order valence-electron chi connectivity index (χ4n) is 2.02. The second-order valence-electron chi connectivity index (χ2n) is 4.27. The Labute approximate surface area is 121 Å². The van der Waals surface area contributed by atoms with Gasteiger partial charge in [-0.05, 0) is 24.1 Å². The summed E-state index contributed by atoms with van der Waals surface area (Å²) in [5.41, 5.74) is 0.861. The average Bonchev–Trinajstić information content (AvgIpc) is 2.75. The minimum atomic E-state index is -0.439. The number of nitrogens with zero attached hydrogens (tertiary/aromatic N) is 1. The highest BCUT2D eigenvalue weighted by Gasteiger charge is 2.32. The molecular formula is C13H15ClFNO2S. The van der Waals surface area contributed by atoms with Gasteiger partial charge in [0.1, 0.15) is 11.2 Å². The first kappa shape index (κ1) is 14.6. The Kier molecular flexibility index (Phi) is 5.07. The number of rotatable bonds is 5. The van der Waals surface area contributed by atoms with Gasteiger partial charge in [0.2, 0.25) is 5.91 Å². The summed E-state index contributed by atoms with van der Waals surface area (Å²) in [5.74, 6) is 0.115. The number of carbonyl (C=O) groups is 1. The van der Waals surface area contributed by atoms with Crippen LogP contribution >= 0.6 is 23.4 Å². The smallest absolute Gasteiger partial charge is 0.233 e. The van der Waals surface area contributed by atoms with Crippen LogP contribution in [-0.2, 0) is 9.53 Å². The first-order chi connectivity index (χ1) is 9.13. The Morgan fingerprint density at radius 2 is 2.37 bits per heavy atom. The van der Waals surface area contributed by atoms with E-state index in [1.165, 1.54) is 17.8 Å². The maximum absolute atomic E-state index is 13.2. The van der Waals surface area contributed by atoms with E-state index < -0.39 is 5.82 Å². The lowest BCUT2D eigenvalue weighted by molar-refractivity contribution is -0.128. The first-order valence-electron chi connectivity index (χ1n) is 5.98. The number of amides is 1. The van der Waals surface area contributed by atoms with Crippen LogP contribution in [-0.4, -0.2) is 36.8 Å². The third kappa shape index (κ3) is 3.41. The van der Waals surface area contributed by atoms with Crippen molar-refractivity contribution in [2.45, 2.75) is 11.8 Å². The molecule has 1 unspecified atom stereocenters. The summed E-state index contributed by atoms with van der Waals surface area (Å²) in [5, 5.41) is 0.0109. The minimum Gasteiger partial charge on any atom is -0.385 e. The third-order valence-corrected chi connectivity index (χ3v) is 4.49. The molecule has 1 aliphatic rings. The summed E-state index contributed by atoms with van der Waals surface area (Å²) in [6, 6.07) is 4.62. The van der Waals surface area contributed by atoms with Gasteiger partial charge in [-0.25, -0.2) is 4.39 Å². The van der Waals surface area contributed by atoms with E-state index in [2.05, 4.69) is 0 Å². The summed E-state index contributed by atoms with van der Waals surface area (Å²) in [6.45, 7) is 1.25. The van der Waals surface area contributed by atoms with Crippen LogP contribution in [0.15, 0.2) is 18.2 Å². The normalized spacial score (nSPS) is 19.2. The van der Waals surface area contributed by atoms with Gasteiger partial charge >= 0.3 is 0 Å². The van der Waals surface area contributed by atoms with Crippen LogP contribution in [0.1, 0.15) is 17.4 Å². The van der Waals surface area contributed by atoms with E-state index in [0.29, 0.717) is 18.9 Å². The zero-order valence-electron chi connectivity index (χ0n) is 10.6. The van der Waals surface area contributed by atoms with Crippen molar-refractivity contribution < 1.29 is 13.9 Å². The van der Waals surface area contributed by atoms with E-state index in [1.807, 2.05) is 0 Å². The fraction of sp³-hybridized carbons (Fsp3) is 0.462. The largest absolute Gasteiger partial charge is 0.385 e. The number of hydrogen-bond acceptors (Lipinski definition) is 3. The van der Waals surface area contributed by atoms with Crippen molar-refractivity contribution in [2.75, 3.05) is 26.0 Å². The molecule has 0 N–H and O–H groups in total. The predicted octanol–water partition coefficient (Wildman–Crippen LogP) is 3.09. The highest BCUT2D eigenvalue weighted by Crippen LogP contribution is 2.39. The standard InChI is InChI=1S/C13H15ClFNO2S/c1-18-6-2-5-16-12(17)8-19-13(16)9-3-4-11(15)10(14)7-9/h3-4,7,13H,2,5-6,8H2,1H3. The van der Waals surface area contributed by atoms with Gasteiger partial charge in [0.25, 0.3) is 0 Å². The van der Waals surface area contributed by atoms with Crippen LogP contribution in [0.3, 0.4) is 0 Å². The number of thioether (sulfide) groups is 1. The number of ether oxygens (including phenoxy) is 1. The molecule has 1 aliphatic heterocycles. The molecule has 0 aliphatic carbocycles. The number of hydrogen-bond donors (Lipinski definition) is 0. The maximum atomic E-state index is 13.2. The molecule has 0 radical (unpaired) electrons. The van der Waals surface area contributed by atoms with Crippen LogP contribution in [0.4, 0.5) is 4.39 Å². The van der Waals surface area contributed by atoms with Gasteiger partial charge in [0.05, 0.1) is 10.8 Å². The zero-order valence-corrected chi connectivity index (χ0v) is 12.1. The van der Waals surface area contributed by atoms with E-state index >= 15 is 0 Å². The van der Waals surface area contributed by atoms with Gasteiger partial charge in [-0.2, -0.15) is 0 Å². The van der Waals surface area contributed by atoms with Crippen molar-refractivity contribution in [3.63, 3.8) is 0 Å². The topological polar surface area (TPSA) is 29.5 Å². The van der Waals surface area contributed by atoms with Gasteiger partial charge in [0, 0.05) is 20.3 Å². The molecule has 3 nitrogen and oxygen atoms in total. The van der Waals surface area contributed by atoms with Crippen molar-refractivity contribution in [3.8, 4) is 0 Å². The molecule has 0 saturated carbocycles. The number of methoxy groups -OCH3 is 1. The van der Waals surface area contributed by atoms with Crippen molar-refractivity contribution in [1.29, 1.82) is 0 Å². The van der Waals surface area contributed by atoms with Crippen LogP contribution in [0.25, 0.3) is 0 Å². The highest BCUT2D eigenvalue weighted by atomic mass is 35.5. The van der Waals surface area contributed by atoms with Crippen molar-refractivity contribution in [3.05, 3.63) is 34.6 Å². The molecule has 2 rings (SSSR count). The molecule has 1 fully saturated rings. The Bertz CT molecular complexity index is 472. The number of benzene rings is 1. The van der Waals surface area contributed by atoms with Crippen molar-refractivity contribution >= 4 is 29.3 Å². The van der Waals surface area contributed by atoms with E-state index in [9.17, 15) is 9.18 Å². The SMILES string of the molecule is COCCCN1C(=O)CSC1c1ccc(F)c(Cl)c1. The first-order valence-corrected chi connectivity index (χ1v) is 7.41. The molecule has 0 bridgehead atoms. The Balaban J connectivity index is 2.12.